The lowest BCUT2D eigenvalue weighted by Crippen LogP contribution is -2.47. The number of piperidine rings is 1. The van der Waals surface area contributed by atoms with Crippen molar-refractivity contribution in [3.63, 3.8) is 0 Å². The summed E-state index contributed by atoms with van der Waals surface area (Å²) < 4.78 is 11.5. The van der Waals surface area contributed by atoms with Gasteiger partial charge in [-0.05, 0) is 63.0 Å². The number of aromatic nitrogens is 1. The van der Waals surface area contributed by atoms with Crippen LogP contribution in [0.1, 0.15) is 36.0 Å². The summed E-state index contributed by atoms with van der Waals surface area (Å²) in [5, 5.41) is 3.37. The maximum atomic E-state index is 13.1. The Labute approximate surface area is 162 Å². The Morgan fingerprint density at radius 2 is 1.70 bits per heavy atom. The molecule has 1 atom stereocenters. The molecule has 1 aromatic carbocycles. The first-order valence-corrected chi connectivity index (χ1v) is 11.1. The number of pyridine rings is 1. The summed E-state index contributed by atoms with van der Waals surface area (Å²) >= 11 is 0. The highest BCUT2D eigenvalue weighted by Gasteiger charge is 2.38. The molecule has 2 aliphatic rings. The van der Waals surface area contributed by atoms with Gasteiger partial charge in [-0.1, -0.05) is 12.1 Å². The Morgan fingerprint density at radius 3 is 2.26 bits per heavy atom. The fourth-order valence-electron chi connectivity index (χ4n) is 3.72. The van der Waals surface area contributed by atoms with Crippen molar-refractivity contribution >= 4 is 16.7 Å². The SMILES string of the molecule is CS(=O)c1ccc(-c2ccc(C(=O)N(C3CCNCC3)C3CC3)cn2)cc1. The van der Waals surface area contributed by atoms with Crippen LogP contribution in [0.4, 0.5) is 0 Å². The maximum Gasteiger partial charge on any atom is 0.255 e. The van der Waals surface area contributed by atoms with E-state index >= 15 is 0 Å². The van der Waals surface area contributed by atoms with Gasteiger partial charge in [-0.15, -0.1) is 0 Å². The van der Waals surface area contributed by atoms with Crippen molar-refractivity contribution in [1.29, 1.82) is 0 Å². The molecule has 1 N–H and O–H groups in total. The van der Waals surface area contributed by atoms with Crippen molar-refractivity contribution in [3.05, 3.63) is 48.2 Å². The van der Waals surface area contributed by atoms with Crippen molar-refractivity contribution in [1.82, 2.24) is 15.2 Å². The lowest BCUT2D eigenvalue weighted by molar-refractivity contribution is 0.0622. The highest BCUT2D eigenvalue weighted by Crippen LogP contribution is 2.32. The number of amides is 1. The largest absolute Gasteiger partial charge is 0.333 e. The van der Waals surface area contributed by atoms with Crippen LogP contribution in [-0.2, 0) is 10.8 Å². The van der Waals surface area contributed by atoms with E-state index in [1.54, 1.807) is 12.5 Å². The molecular weight excluding hydrogens is 358 g/mol. The molecule has 1 unspecified atom stereocenters. The Morgan fingerprint density at radius 1 is 1.04 bits per heavy atom. The van der Waals surface area contributed by atoms with E-state index in [0.29, 0.717) is 17.6 Å². The predicted octanol–water partition coefficient (Wildman–Crippen LogP) is 2.84. The highest BCUT2D eigenvalue weighted by molar-refractivity contribution is 7.84. The third-order valence-corrected chi connectivity index (χ3v) is 6.31. The summed E-state index contributed by atoms with van der Waals surface area (Å²) in [6, 6.07) is 12.1. The molecule has 27 heavy (non-hydrogen) atoms. The third-order valence-electron chi connectivity index (χ3n) is 5.37. The minimum atomic E-state index is -0.985. The normalized spacial score (nSPS) is 18.9. The Balaban J connectivity index is 1.52. The molecule has 2 aromatic rings. The fourth-order valence-corrected chi connectivity index (χ4v) is 4.24. The zero-order valence-corrected chi connectivity index (χ0v) is 16.4. The van der Waals surface area contributed by atoms with Gasteiger partial charge in [0, 0.05) is 45.8 Å². The second-order valence-electron chi connectivity index (χ2n) is 7.34. The second kappa shape index (κ2) is 7.90. The first-order chi connectivity index (χ1) is 13.1. The quantitative estimate of drug-likeness (QED) is 0.862. The van der Waals surface area contributed by atoms with Gasteiger partial charge in [0.05, 0.1) is 11.3 Å². The molecule has 1 amide bonds. The topological polar surface area (TPSA) is 62.3 Å². The first-order valence-electron chi connectivity index (χ1n) is 9.57. The van der Waals surface area contributed by atoms with Gasteiger partial charge in [0.2, 0.25) is 0 Å². The molecule has 2 heterocycles. The van der Waals surface area contributed by atoms with E-state index in [1.165, 1.54) is 0 Å². The molecule has 4 rings (SSSR count). The highest BCUT2D eigenvalue weighted by atomic mass is 32.2. The number of carbonyl (C=O) groups is 1. The maximum absolute atomic E-state index is 13.1. The monoisotopic (exact) mass is 383 g/mol. The number of rotatable bonds is 5. The number of carbonyl (C=O) groups excluding carboxylic acids is 1. The summed E-state index contributed by atoms with van der Waals surface area (Å²) in [6.45, 7) is 1.97. The summed E-state index contributed by atoms with van der Waals surface area (Å²) in [7, 11) is -0.985. The molecular formula is C21H25N3O2S. The summed E-state index contributed by atoms with van der Waals surface area (Å²) in [6.07, 6.45) is 7.65. The number of hydrogen-bond donors (Lipinski definition) is 1. The van der Waals surface area contributed by atoms with E-state index in [0.717, 1.165) is 54.9 Å². The molecule has 1 aromatic heterocycles. The van der Waals surface area contributed by atoms with Crippen LogP contribution in [0.2, 0.25) is 0 Å². The van der Waals surface area contributed by atoms with Crippen LogP contribution < -0.4 is 5.32 Å². The van der Waals surface area contributed by atoms with Crippen LogP contribution in [0, 0.1) is 0 Å². The van der Waals surface area contributed by atoms with Gasteiger partial charge < -0.3 is 10.2 Å². The first kappa shape index (κ1) is 18.3. The van der Waals surface area contributed by atoms with Crippen molar-refractivity contribution in [3.8, 4) is 11.3 Å². The van der Waals surface area contributed by atoms with Gasteiger partial charge in [-0.25, -0.2) is 0 Å². The van der Waals surface area contributed by atoms with Crippen molar-refractivity contribution in [2.75, 3.05) is 19.3 Å². The molecule has 2 fully saturated rings. The molecule has 1 aliphatic heterocycles. The van der Waals surface area contributed by atoms with E-state index in [9.17, 15) is 9.00 Å². The van der Waals surface area contributed by atoms with E-state index in [2.05, 4.69) is 15.2 Å². The predicted molar refractivity (Wildman–Crippen MR) is 107 cm³/mol. The summed E-state index contributed by atoms with van der Waals surface area (Å²) in [5.41, 5.74) is 2.44. The van der Waals surface area contributed by atoms with Crippen LogP contribution in [0.3, 0.4) is 0 Å². The van der Waals surface area contributed by atoms with E-state index in [4.69, 9.17) is 0 Å². The zero-order valence-electron chi connectivity index (χ0n) is 15.6. The Kier molecular flexibility index (Phi) is 5.36. The van der Waals surface area contributed by atoms with Gasteiger partial charge in [-0.2, -0.15) is 0 Å². The van der Waals surface area contributed by atoms with Crippen molar-refractivity contribution in [2.24, 2.45) is 0 Å². The molecule has 142 valence electrons. The van der Waals surface area contributed by atoms with E-state index in [-0.39, 0.29) is 5.91 Å². The molecule has 6 heteroatoms. The average molecular weight is 384 g/mol. The molecule has 0 bridgehead atoms. The number of nitrogens with one attached hydrogen (secondary N) is 1. The minimum Gasteiger partial charge on any atom is -0.333 e. The fraction of sp³-hybridized carbons (Fsp3) is 0.429. The van der Waals surface area contributed by atoms with E-state index in [1.807, 2.05) is 36.4 Å². The van der Waals surface area contributed by atoms with Gasteiger partial charge in [0.25, 0.3) is 5.91 Å². The lowest BCUT2D eigenvalue weighted by Gasteiger charge is -2.35. The average Bonchev–Trinajstić information content (AvgIpc) is 3.54. The number of hydrogen-bond acceptors (Lipinski definition) is 4. The van der Waals surface area contributed by atoms with Crippen LogP contribution in [0.15, 0.2) is 47.5 Å². The summed E-state index contributed by atoms with van der Waals surface area (Å²) in [5.74, 6) is 0.111. The molecule has 5 nitrogen and oxygen atoms in total. The van der Waals surface area contributed by atoms with Gasteiger partial charge in [-0.3, -0.25) is 14.0 Å². The molecule has 1 aliphatic carbocycles. The number of nitrogens with zero attached hydrogens (tertiary/aromatic N) is 2. The van der Waals surface area contributed by atoms with Crippen LogP contribution in [-0.4, -0.2) is 51.4 Å². The minimum absolute atomic E-state index is 0.111. The van der Waals surface area contributed by atoms with Gasteiger partial charge >= 0.3 is 0 Å². The van der Waals surface area contributed by atoms with Crippen LogP contribution in [0.25, 0.3) is 11.3 Å². The standard InChI is InChI=1S/C21H25N3O2S/c1-27(26)19-7-2-15(3-8-19)20-9-4-16(14-23-20)21(25)24(17-5-6-17)18-10-12-22-13-11-18/h2-4,7-9,14,17-18,22H,5-6,10-13H2,1H3. The second-order valence-corrected chi connectivity index (χ2v) is 8.72. The van der Waals surface area contributed by atoms with Crippen LogP contribution >= 0.6 is 0 Å². The smallest absolute Gasteiger partial charge is 0.255 e. The molecule has 0 radical (unpaired) electrons. The van der Waals surface area contributed by atoms with Crippen LogP contribution in [0.5, 0.6) is 0 Å². The molecule has 0 spiro atoms. The summed E-state index contributed by atoms with van der Waals surface area (Å²) in [4.78, 5) is 20.6. The van der Waals surface area contributed by atoms with Crippen molar-refractivity contribution < 1.29 is 9.00 Å². The molecule has 1 saturated heterocycles. The zero-order chi connectivity index (χ0) is 18.8. The van der Waals surface area contributed by atoms with Crippen molar-refractivity contribution in [2.45, 2.75) is 42.7 Å². The lowest BCUT2D eigenvalue weighted by atomic mass is 10.0. The van der Waals surface area contributed by atoms with Gasteiger partial charge in [0.15, 0.2) is 0 Å². The Bertz CT molecular complexity index is 826. The third kappa shape index (κ3) is 4.12. The van der Waals surface area contributed by atoms with E-state index < -0.39 is 10.8 Å². The molecule has 1 saturated carbocycles. The number of benzene rings is 1. The Hall–Kier alpha value is -2.05. The van der Waals surface area contributed by atoms with Gasteiger partial charge in [0.1, 0.15) is 0 Å².